The van der Waals surface area contributed by atoms with Crippen LogP contribution in [0, 0.1) is 0 Å². The lowest BCUT2D eigenvalue weighted by Crippen LogP contribution is -2.41. The second kappa shape index (κ2) is 5.26. The summed E-state index contributed by atoms with van der Waals surface area (Å²) in [5, 5.41) is 18.0. The molecule has 0 aliphatic rings. The van der Waals surface area contributed by atoms with Gasteiger partial charge >= 0.3 is 0 Å². The van der Waals surface area contributed by atoms with Crippen LogP contribution in [0.3, 0.4) is 0 Å². The van der Waals surface area contributed by atoms with E-state index in [1.54, 1.807) is 0 Å². The van der Waals surface area contributed by atoms with Crippen molar-refractivity contribution in [3.63, 3.8) is 0 Å². The normalized spacial score (nSPS) is 15.6. The van der Waals surface area contributed by atoms with Gasteiger partial charge in [0, 0.05) is 6.61 Å². The topological polar surface area (TPSA) is 49.7 Å². The molecule has 2 N–H and O–H groups in total. The molecule has 4 heteroatoms. The number of rotatable bonds is 5. The fourth-order valence-corrected chi connectivity index (χ4v) is 1.82. The van der Waals surface area contributed by atoms with Crippen molar-refractivity contribution < 1.29 is 14.6 Å². The first-order valence-corrected chi connectivity index (χ1v) is 8.04. The van der Waals surface area contributed by atoms with Crippen LogP contribution in [0.5, 0.6) is 0 Å². The van der Waals surface area contributed by atoms with E-state index in [4.69, 9.17) is 14.6 Å². The van der Waals surface area contributed by atoms with E-state index >= 15 is 0 Å². The van der Waals surface area contributed by atoms with Crippen LogP contribution in [0.2, 0.25) is 18.1 Å². The van der Waals surface area contributed by atoms with Crippen LogP contribution in [-0.2, 0) is 4.43 Å². The molecule has 0 fully saturated rings. The summed E-state index contributed by atoms with van der Waals surface area (Å²) in [7, 11) is -1.68. The van der Waals surface area contributed by atoms with Crippen LogP contribution >= 0.6 is 0 Å². The summed E-state index contributed by atoms with van der Waals surface area (Å²) in [5.41, 5.74) is 0. The lowest BCUT2D eigenvalue weighted by molar-refractivity contribution is 0.0735. The predicted octanol–water partition coefficient (Wildman–Crippen LogP) is 1.75. The van der Waals surface area contributed by atoms with Gasteiger partial charge in [-0.3, -0.25) is 0 Å². The van der Waals surface area contributed by atoms with Gasteiger partial charge in [0.05, 0.1) is 12.7 Å². The van der Waals surface area contributed by atoms with Gasteiger partial charge in [-0.2, -0.15) is 0 Å². The van der Waals surface area contributed by atoms with Crippen LogP contribution in [0.4, 0.5) is 0 Å². The van der Waals surface area contributed by atoms with Crippen molar-refractivity contribution in [1.82, 2.24) is 0 Å². The lowest BCUT2D eigenvalue weighted by atomic mass is 10.2. The molecular formula is C10H24O3Si. The zero-order valence-corrected chi connectivity index (χ0v) is 11.0. The molecule has 0 bridgehead atoms. The molecule has 0 aliphatic carbocycles. The minimum Gasteiger partial charge on any atom is -0.417 e. The fraction of sp³-hybridized carbons (Fsp3) is 1.00. The van der Waals surface area contributed by atoms with E-state index in [9.17, 15) is 0 Å². The van der Waals surface area contributed by atoms with Crippen molar-refractivity contribution in [2.75, 3.05) is 13.2 Å². The van der Waals surface area contributed by atoms with Crippen LogP contribution in [0.15, 0.2) is 0 Å². The molecule has 0 aromatic carbocycles. The van der Waals surface area contributed by atoms with E-state index in [0.717, 1.165) is 0 Å². The molecule has 0 aromatic rings. The van der Waals surface area contributed by atoms with Gasteiger partial charge in [0.1, 0.15) is 0 Å². The Hall–Kier alpha value is 0.0969. The van der Waals surface area contributed by atoms with E-state index in [1.165, 1.54) is 0 Å². The monoisotopic (exact) mass is 220 g/mol. The third kappa shape index (κ3) is 4.55. The van der Waals surface area contributed by atoms with Crippen molar-refractivity contribution in [3.05, 3.63) is 0 Å². The van der Waals surface area contributed by atoms with E-state index in [1.807, 2.05) is 0 Å². The van der Waals surface area contributed by atoms with Crippen molar-refractivity contribution in [2.45, 2.75) is 51.4 Å². The summed E-state index contributed by atoms with van der Waals surface area (Å²) >= 11 is 0. The van der Waals surface area contributed by atoms with Crippen molar-refractivity contribution >= 4 is 8.32 Å². The molecule has 0 heterocycles. The summed E-state index contributed by atoms with van der Waals surface area (Å²) in [6, 6.07) is 0. The molecule has 0 saturated carbocycles. The Balaban J connectivity index is 3.89. The SMILES string of the molecule is CC(C)(C)[Si](C)(C)OCC[C@@H](O)CO. The first kappa shape index (κ1) is 14.1. The molecule has 86 valence electrons. The van der Waals surface area contributed by atoms with Gasteiger partial charge in [-0.15, -0.1) is 0 Å². The van der Waals surface area contributed by atoms with Crippen molar-refractivity contribution in [2.24, 2.45) is 0 Å². The first-order chi connectivity index (χ1) is 6.20. The van der Waals surface area contributed by atoms with Crippen molar-refractivity contribution in [3.8, 4) is 0 Å². The van der Waals surface area contributed by atoms with Crippen LogP contribution in [-0.4, -0.2) is 37.8 Å². The fourth-order valence-electron chi connectivity index (χ4n) is 0.758. The number of aliphatic hydroxyl groups excluding tert-OH is 2. The standard InChI is InChI=1S/C10H24O3Si/c1-10(2,3)14(4,5)13-7-6-9(12)8-11/h9,11-12H,6-8H2,1-5H3/t9-/m1/s1. The lowest BCUT2D eigenvalue weighted by Gasteiger charge is -2.36. The molecule has 3 nitrogen and oxygen atoms in total. The maximum absolute atomic E-state index is 9.14. The van der Waals surface area contributed by atoms with Gasteiger partial charge < -0.3 is 14.6 Å². The van der Waals surface area contributed by atoms with Gasteiger partial charge in [-0.05, 0) is 24.6 Å². The largest absolute Gasteiger partial charge is 0.417 e. The maximum atomic E-state index is 9.14. The molecule has 0 aliphatic heterocycles. The molecule has 0 rings (SSSR count). The Morgan fingerprint density at radius 3 is 2.14 bits per heavy atom. The quantitative estimate of drug-likeness (QED) is 0.694. The Kier molecular flexibility index (Phi) is 5.29. The third-order valence-corrected chi connectivity index (χ3v) is 7.47. The molecule has 0 radical (unpaired) electrons. The summed E-state index contributed by atoms with van der Waals surface area (Å²) in [4.78, 5) is 0. The molecular weight excluding hydrogens is 196 g/mol. The smallest absolute Gasteiger partial charge is 0.191 e. The molecule has 1 atom stereocenters. The van der Waals surface area contributed by atoms with Gasteiger partial charge in [0.25, 0.3) is 0 Å². The summed E-state index contributed by atoms with van der Waals surface area (Å²) in [6.07, 6.45) is -0.122. The predicted molar refractivity (Wildman–Crippen MR) is 60.9 cm³/mol. The Morgan fingerprint density at radius 1 is 1.29 bits per heavy atom. The highest BCUT2D eigenvalue weighted by Crippen LogP contribution is 2.36. The highest BCUT2D eigenvalue weighted by Gasteiger charge is 2.36. The van der Waals surface area contributed by atoms with E-state index in [2.05, 4.69) is 33.9 Å². The van der Waals surface area contributed by atoms with E-state index < -0.39 is 14.4 Å². The summed E-state index contributed by atoms with van der Waals surface area (Å²) in [5.74, 6) is 0. The van der Waals surface area contributed by atoms with Crippen LogP contribution in [0.1, 0.15) is 27.2 Å². The second-order valence-electron chi connectivity index (χ2n) is 5.23. The number of hydrogen-bond acceptors (Lipinski definition) is 3. The molecule has 0 amide bonds. The molecule has 0 spiro atoms. The zero-order chi connectivity index (χ0) is 11.4. The molecule has 0 aromatic heterocycles. The average molecular weight is 220 g/mol. The van der Waals surface area contributed by atoms with E-state index in [0.29, 0.717) is 13.0 Å². The summed E-state index contributed by atoms with van der Waals surface area (Å²) < 4.78 is 5.83. The van der Waals surface area contributed by atoms with E-state index in [-0.39, 0.29) is 11.6 Å². The summed E-state index contributed by atoms with van der Waals surface area (Å²) in [6.45, 7) is 11.3. The van der Waals surface area contributed by atoms with Crippen LogP contribution < -0.4 is 0 Å². The third-order valence-electron chi connectivity index (χ3n) is 2.93. The highest BCUT2D eigenvalue weighted by atomic mass is 28.4. The number of hydrogen-bond donors (Lipinski definition) is 2. The first-order valence-electron chi connectivity index (χ1n) is 5.13. The maximum Gasteiger partial charge on any atom is 0.191 e. The van der Waals surface area contributed by atoms with Gasteiger partial charge in [0.15, 0.2) is 8.32 Å². The van der Waals surface area contributed by atoms with Gasteiger partial charge in [-0.1, -0.05) is 20.8 Å². The Labute approximate surface area is 88.2 Å². The minimum atomic E-state index is -1.68. The average Bonchev–Trinajstić information content (AvgIpc) is 2.01. The van der Waals surface area contributed by atoms with Crippen molar-refractivity contribution in [1.29, 1.82) is 0 Å². The second-order valence-corrected chi connectivity index (χ2v) is 10.0. The van der Waals surface area contributed by atoms with Crippen LogP contribution in [0.25, 0.3) is 0 Å². The highest BCUT2D eigenvalue weighted by molar-refractivity contribution is 6.74. The number of aliphatic hydroxyl groups is 2. The Morgan fingerprint density at radius 2 is 1.79 bits per heavy atom. The molecule has 0 unspecified atom stereocenters. The zero-order valence-electron chi connectivity index (χ0n) is 10.0. The molecule has 14 heavy (non-hydrogen) atoms. The molecule has 0 saturated heterocycles. The van der Waals surface area contributed by atoms with Gasteiger partial charge in [-0.25, -0.2) is 0 Å². The minimum absolute atomic E-state index is 0.180. The van der Waals surface area contributed by atoms with Gasteiger partial charge in [0.2, 0.25) is 0 Å². The Bertz CT molecular complexity index is 163.